The predicted molar refractivity (Wildman–Crippen MR) is 79.8 cm³/mol. The average molecular weight is 298 g/mol. The van der Waals surface area contributed by atoms with E-state index in [0.717, 1.165) is 6.42 Å². The summed E-state index contributed by atoms with van der Waals surface area (Å²) in [5, 5.41) is 13.5. The number of aliphatic hydroxyl groups excluding tert-OH is 1. The van der Waals surface area contributed by atoms with Crippen molar-refractivity contribution in [2.75, 3.05) is 13.2 Å². The molecule has 1 atom stereocenters. The largest absolute Gasteiger partial charge is 0.396 e. The SMILES string of the molecule is CC(C)CC(CCO)CNC(=O)c1cc(C(N)=O)cs1. The Labute approximate surface area is 123 Å². The monoisotopic (exact) mass is 298 g/mol. The van der Waals surface area contributed by atoms with Gasteiger partial charge in [-0.25, -0.2) is 0 Å². The number of rotatable bonds is 8. The first-order valence-electron chi connectivity index (χ1n) is 6.71. The van der Waals surface area contributed by atoms with Crippen LogP contribution in [0.2, 0.25) is 0 Å². The van der Waals surface area contributed by atoms with Crippen molar-refractivity contribution in [3.05, 3.63) is 21.9 Å². The third kappa shape index (κ3) is 5.30. The van der Waals surface area contributed by atoms with E-state index in [2.05, 4.69) is 19.2 Å². The lowest BCUT2D eigenvalue weighted by Crippen LogP contribution is -2.30. The van der Waals surface area contributed by atoms with Crippen molar-refractivity contribution in [1.29, 1.82) is 0 Å². The molecule has 0 aromatic carbocycles. The van der Waals surface area contributed by atoms with Crippen molar-refractivity contribution in [2.24, 2.45) is 17.6 Å². The summed E-state index contributed by atoms with van der Waals surface area (Å²) in [6.45, 7) is 4.88. The van der Waals surface area contributed by atoms with Gasteiger partial charge in [0.2, 0.25) is 5.91 Å². The van der Waals surface area contributed by atoms with Gasteiger partial charge in [-0.05, 0) is 30.7 Å². The predicted octanol–water partition coefficient (Wildman–Crippen LogP) is 1.62. The standard InChI is InChI=1S/C14H22N2O3S/c1-9(2)5-10(3-4-17)7-16-14(19)12-6-11(8-20-12)13(15)18/h6,8-10,17H,3-5,7H2,1-2H3,(H2,15,18)(H,16,19). The number of carbonyl (C=O) groups is 2. The van der Waals surface area contributed by atoms with Crippen molar-refractivity contribution < 1.29 is 14.7 Å². The molecule has 20 heavy (non-hydrogen) atoms. The highest BCUT2D eigenvalue weighted by atomic mass is 32.1. The Morgan fingerprint density at radius 2 is 2.15 bits per heavy atom. The molecular weight excluding hydrogens is 276 g/mol. The second-order valence-corrected chi connectivity index (χ2v) is 6.19. The molecule has 112 valence electrons. The Morgan fingerprint density at radius 1 is 1.45 bits per heavy atom. The van der Waals surface area contributed by atoms with Crippen LogP contribution < -0.4 is 11.1 Å². The third-order valence-corrected chi connectivity index (χ3v) is 3.93. The van der Waals surface area contributed by atoms with Gasteiger partial charge in [-0.3, -0.25) is 9.59 Å². The van der Waals surface area contributed by atoms with E-state index in [1.165, 1.54) is 17.4 Å². The number of amides is 2. The number of aliphatic hydroxyl groups is 1. The molecule has 0 spiro atoms. The van der Waals surface area contributed by atoms with Crippen LogP contribution in [0.4, 0.5) is 0 Å². The van der Waals surface area contributed by atoms with Crippen LogP contribution in [-0.2, 0) is 0 Å². The van der Waals surface area contributed by atoms with Crippen LogP contribution in [-0.4, -0.2) is 30.1 Å². The zero-order valence-electron chi connectivity index (χ0n) is 11.9. The van der Waals surface area contributed by atoms with Crippen LogP contribution in [0.25, 0.3) is 0 Å². The topological polar surface area (TPSA) is 92.4 Å². The normalized spacial score (nSPS) is 12.4. The number of carbonyl (C=O) groups excluding carboxylic acids is 2. The first-order chi connectivity index (χ1) is 9.43. The highest BCUT2D eigenvalue weighted by molar-refractivity contribution is 7.12. The van der Waals surface area contributed by atoms with Crippen LogP contribution in [0.1, 0.15) is 46.7 Å². The fourth-order valence-corrected chi connectivity index (χ4v) is 2.87. The highest BCUT2D eigenvalue weighted by Gasteiger charge is 2.15. The lowest BCUT2D eigenvalue weighted by atomic mass is 9.94. The number of nitrogens with two attached hydrogens (primary N) is 1. The summed E-state index contributed by atoms with van der Waals surface area (Å²) in [7, 11) is 0. The fraction of sp³-hybridized carbons (Fsp3) is 0.571. The Hall–Kier alpha value is -1.40. The number of hydrogen-bond donors (Lipinski definition) is 3. The molecule has 0 radical (unpaired) electrons. The van der Waals surface area contributed by atoms with Gasteiger partial charge in [0.25, 0.3) is 5.91 Å². The van der Waals surface area contributed by atoms with Crippen molar-refractivity contribution in [3.63, 3.8) is 0 Å². The zero-order valence-corrected chi connectivity index (χ0v) is 12.7. The summed E-state index contributed by atoms with van der Waals surface area (Å²) >= 11 is 1.20. The van der Waals surface area contributed by atoms with E-state index >= 15 is 0 Å². The van der Waals surface area contributed by atoms with Gasteiger partial charge in [0.05, 0.1) is 10.4 Å². The van der Waals surface area contributed by atoms with Gasteiger partial charge in [-0.1, -0.05) is 13.8 Å². The molecule has 6 heteroatoms. The van der Waals surface area contributed by atoms with E-state index in [-0.39, 0.29) is 18.4 Å². The summed E-state index contributed by atoms with van der Waals surface area (Å²) in [6.07, 6.45) is 1.63. The maximum Gasteiger partial charge on any atom is 0.261 e. The second-order valence-electron chi connectivity index (χ2n) is 5.28. The molecule has 2 amide bonds. The summed E-state index contributed by atoms with van der Waals surface area (Å²) in [4.78, 5) is 23.4. The van der Waals surface area contributed by atoms with Crippen molar-refractivity contribution in [1.82, 2.24) is 5.32 Å². The summed E-state index contributed by atoms with van der Waals surface area (Å²) in [6, 6.07) is 1.51. The van der Waals surface area contributed by atoms with Crippen LogP contribution in [0, 0.1) is 11.8 Å². The molecule has 0 saturated heterocycles. The van der Waals surface area contributed by atoms with Crippen molar-refractivity contribution in [2.45, 2.75) is 26.7 Å². The Kier molecular flexibility index (Phi) is 6.67. The Balaban J connectivity index is 2.53. The molecule has 0 aliphatic heterocycles. The first kappa shape index (κ1) is 16.7. The molecule has 0 aliphatic carbocycles. The van der Waals surface area contributed by atoms with E-state index in [9.17, 15) is 9.59 Å². The average Bonchev–Trinajstić information content (AvgIpc) is 2.85. The fourth-order valence-electron chi connectivity index (χ4n) is 2.06. The van der Waals surface area contributed by atoms with E-state index < -0.39 is 5.91 Å². The smallest absolute Gasteiger partial charge is 0.261 e. The molecule has 0 aliphatic rings. The number of primary amides is 1. The molecule has 1 unspecified atom stereocenters. The van der Waals surface area contributed by atoms with E-state index in [0.29, 0.717) is 29.3 Å². The molecule has 1 heterocycles. The Bertz CT molecular complexity index is 457. The zero-order chi connectivity index (χ0) is 15.1. The molecule has 5 nitrogen and oxygen atoms in total. The third-order valence-electron chi connectivity index (χ3n) is 3.00. The maximum absolute atomic E-state index is 12.0. The van der Waals surface area contributed by atoms with Gasteiger partial charge in [0.15, 0.2) is 0 Å². The van der Waals surface area contributed by atoms with Gasteiger partial charge in [0, 0.05) is 18.5 Å². The minimum Gasteiger partial charge on any atom is -0.396 e. The van der Waals surface area contributed by atoms with Crippen LogP contribution in [0.5, 0.6) is 0 Å². The van der Waals surface area contributed by atoms with Crippen molar-refractivity contribution in [3.8, 4) is 0 Å². The second kappa shape index (κ2) is 8.01. The quantitative estimate of drug-likeness (QED) is 0.681. The summed E-state index contributed by atoms with van der Waals surface area (Å²) < 4.78 is 0. The molecule has 4 N–H and O–H groups in total. The molecule has 0 fully saturated rings. The van der Waals surface area contributed by atoms with Crippen LogP contribution in [0.15, 0.2) is 11.4 Å². The number of hydrogen-bond acceptors (Lipinski definition) is 4. The van der Waals surface area contributed by atoms with Gasteiger partial charge in [-0.15, -0.1) is 11.3 Å². The lowest BCUT2D eigenvalue weighted by Gasteiger charge is -2.18. The summed E-state index contributed by atoms with van der Waals surface area (Å²) in [5.74, 6) is 0.0543. The minimum absolute atomic E-state index is 0.123. The van der Waals surface area contributed by atoms with Gasteiger partial charge in [-0.2, -0.15) is 0 Å². The first-order valence-corrected chi connectivity index (χ1v) is 7.59. The molecular formula is C14H22N2O3S. The van der Waals surface area contributed by atoms with Gasteiger partial charge in [0.1, 0.15) is 0 Å². The van der Waals surface area contributed by atoms with Crippen LogP contribution in [0.3, 0.4) is 0 Å². The number of nitrogens with one attached hydrogen (secondary N) is 1. The lowest BCUT2D eigenvalue weighted by molar-refractivity contribution is 0.0945. The Morgan fingerprint density at radius 3 is 2.65 bits per heavy atom. The van der Waals surface area contributed by atoms with E-state index in [1.54, 1.807) is 5.38 Å². The van der Waals surface area contributed by atoms with E-state index in [1.807, 2.05) is 0 Å². The molecule has 0 saturated carbocycles. The molecule has 1 rings (SSSR count). The van der Waals surface area contributed by atoms with Gasteiger partial charge >= 0.3 is 0 Å². The minimum atomic E-state index is -0.529. The maximum atomic E-state index is 12.0. The molecule has 1 aromatic rings. The summed E-state index contributed by atoms with van der Waals surface area (Å²) in [5.41, 5.74) is 5.51. The molecule has 1 aromatic heterocycles. The van der Waals surface area contributed by atoms with Crippen LogP contribution >= 0.6 is 11.3 Å². The highest BCUT2D eigenvalue weighted by Crippen LogP contribution is 2.16. The number of thiophene rings is 1. The molecule has 0 bridgehead atoms. The van der Waals surface area contributed by atoms with Crippen molar-refractivity contribution >= 4 is 23.2 Å². The van der Waals surface area contributed by atoms with E-state index in [4.69, 9.17) is 10.8 Å². The van der Waals surface area contributed by atoms with Gasteiger partial charge < -0.3 is 16.2 Å².